The Morgan fingerprint density at radius 2 is 1.63 bits per heavy atom. The Kier molecular flexibility index (Phi) is 8.52. The second kappa shape index (κ2) is 9.52. The summed E-state index contributed by atoms with van der Waals surface area (Å²) in [6.07, 6.45) is -3.88. The molecule has 1 aromatic rings. The van der Waals surface area contributed by atoms with Crippen LogP contribution in [0.25, 0.3) is 0 Å². The molecule has 0 spiro atoms. The first-order valence-corrected chi connectivity index (χ1v) is 13.9. The highest BCUT2D eigenvalue weighted by atomic mass is 32.2. The quantitative estimate of drug-likeness (QED) is 0.252. The van der Waals surface area contributed by atoms with Crippen molar-refractivity contribution in [3.05, 3.63) is 23.8 Å². The lowest BCUT2D eigenvalue weighted by molar-refractivity contribution is -0.275. The molecule has 0 aliphatic carbocycles. The van der Waals surface area contributed by atoms with Crippen LogP contribution in [0.3, 0.4) is 0 Å². The van der Waals surface area contributed by atoms with Crippen LogP contribution in [0, 0.1) is 0 Å². The molecule has 0 radical (unpaired) electrons. The third-order valence-electron chi connectivity index (χ3n) is 4.94. The fourth-order valence-electron chi connectivity index (χ4n) is 2.07. The lowest BCUT2D eigenvalue weighted by Crippen LogP contribution is -2.44. The molecule has 0 bridgehead atoms. The van der Waals surface area contributed by atoms with Gasteiger partial charge in [0, 0.05) is 0 Å². The standard InChI is InChI=1S/C21H34F3NO3SSi/c1-15(25-29(26)19(2,3)4)10-11-16-12-13-17(18(14-16)27-21(22,23)24)28-30(8,9)20(5,6)7/h12-14H,10-11H2,1-9H3/b25-15+/t29-/m1/s1. The van der Waals surface area contributed by atoms with Crippen molar-refractivity contribution in [1.29, 1.82) is 0 Å². The Bertz CT molecular complexity index is 753. The number of ether oxygens (including phenoxy) is 1. The van der Waals surface area contributed by atoms with Gasteiger partial charge in [-0.15, -0.1) is 13.2 Å². The van der Waals surface area contributed by atoms with Crippen LogP contribution in [0.4, 0.5) is 13.2 Å². The van der Waals surface area contributed by atoms with Gasteiger partial charge in [0.2, 0.25) is 0 Å². The molecule has 0 saturated carbocycles. The lowest BCUT2D eigenvalue weighted by atomic mass is 10.1. The highest BCUT2D eigenvalue weighted by Crippen LogP contribution is 2.41. The molecule has 9 heteroatoms. The summed E-state index contributed by atoms with van der Waals surface area (Å²) < 4.78 is 65.1. The number of alkyl halides is 3. The van der Waals surface area contributed by atoms with E-state index in [0.717, 1.165) is 0 Å². The van der Waals surface area contributed by atoms with E-state index in [0.29, 0.717) is 24.1 Å². The topological polar surface area (TPSA) is 53.9 Å². The molecule has 30 heavy (non-hydrogen) atoms. The predicted octanol–water partition coefficient (Wildman–Crippen LogP) is 6.82. The van der Waals surface area contributed by atoms with E-state index >= 15 is 0 Å². The molecule has 0 aliphatic rings. The smallest absolute Gasteiger partial charge is 0.573 e. The lowest BCUT2D eigenvalue weighted by Gasteiger charge is -2.36. The molecule has 0 aromatic heterocycles. The zero-order chi connectivity index (χ0) is 23.5. The molecule has 0 unspecified atom stereocenters. The number of nitrogens with zero attached hydrogens (tertiary/aromatic N) is 1. The zero-order valence-corrected chi connectivity index (χ0v) is 21.2. The largest absolute Gasteiger partial charge is 0.591 e. The van der Waals surface area contributed by atoms with Crippen LogP contribution in [-0.4, -0.2) is 29.7 Å². The Balaban J connectivity index is 3.09. The van der Waals surface area contributed by atoms with E-state index in [1.807, 2.05) is 54.6 Å². The van der Waals surface area contributed by atoms with E-state index in [-0.39, 0.29) is 16.5 Å². The van der Waals surface area contributed by atoms with E-state index in [9.17, 15) is 17.7 Å². The minimum Gasteiger partial charge on any atom is -0.591 e. The van der Waals surface area contributed by atoms with Crippen molar-refractivity contribution in [2.24, 2.45) is 4.40 Å². The summed E-state index contributed by atoms with van der Waals surface area (Å²) in [7, 11) is -2.34. The minimum absolute atomic E-state index is 0.0990. The Labute approximate surface area is 182 Å². The van der Waals surface area contributed by atoms with Gasteiger partial charge in [-0.05, 0) is 76.4 Å². The maximum atomic E-state index is 13.0. The number of aryl methyl sites for hydroxylation is 1. The van der Waals surface area contributed by atoms with Crippen molar-refractivity contribution in [3.63, 3.8) is 0 Å². The summed E-state index contributed by atoms with van der Waals surface area (Å²) in [5, 5.41) is -0.169. The molecular weight excluding hydrogens is 431 g/mol. The molecule has 1 rings (SSSR count). The van der Waals surface area contributed by atoms with Gasteiger partial charge in [-0.2, -0.15) is 0 Å². The van der Waals surface area contributed by atoms with E-state index in [1.54, 1.807) is 13.0 Å². The van der Waals surface area contributed by atoms with Crippen LogP contribution in [0.2, 0.25) is 18.1 Å². The average molecular weight is 466 g/mol. The number of benzene rings is 1. The van der Waals surface area contributed by atoms with Gasteiger partial charge in [-0.25, -0.2) is 0 Å². The van der Waals surface area contributed by atoms with E-state index in [1.165, 1.54) is 12.1 Å². The third-order valence-corrected chi connectivity index (χ3v) is 10.8. The maximum Gasteiger partial charge on any atom is 0.573 e. The normalized spacial score (nSPS) is 15.2. The van der Waals surface area contributed by atoms with Crippen LogP contribution in [0.15, 0.2) is 22.6 Å². The zero-order valence-electron chi connectivity index (χ0n) is 19.4. The summed E-state index contributed by atoms with van der Waals surface area (Å²) >= 11 is -1.37. The van der Waals surface area contributed by atoms with E-state index < -0.39 is 30.8 Å². The average Bonchev–Trinajstić information content (AvgIpc) is 2.51. The first-order valence-electron chi connectivity index (χ1n) is 9.86. The Hall–Kier alpha value is -1.19. The summed E-state index contributed by atoms with van der Waals surface area (Å²) in [6, 6.07) is 4.64. The number of hydrogen-bond donors (Lipinski definition) is 0. The molecule has 4 nitrogen and oxygen atoms in total. The fourth-order valence-corrected chi connectivity index (χ4v) is 3.75. The van der Waals surface area contributed by atoms with Gasteiger partial charge in [0.05, 0.1) is 5.71 Å². The number of rotatable bonds is 7. The van der Waals surface area contributed by atoms with Gasteiger partial charge in [0.1, 0.15) is 21.9 Å². The molecule has 1 atom stereocenters. The van der Waals surface area contributed by atoms with Gasteiger partial charge >= 0.3 is 6.36 Å². The predicted molar refractivity (Wildman–Crippen MR) is 120 cm³/mol. The molecular formula is C21H34F3NO3SSi. The van der Waals surface area contributed by atoms with E-state index in [4.69, 9.17) is 4.43 Å². The van der Waals surface area contributed by atoms with Crippen molar-refractivity contribution in [3.8, 4) is 11.5 Å². The molecule has 0 N–H and O–H groups in total. The van der Waals surface area contributed by atoms with Gasteiger partial charge in [-0.3, -0.25) is 0 Å². The molecule has 0 heterocycles. The molecule has 0 amide bonds. The number of hydrogen-bond acceptors (Lipinski definition) is 4. The molecule has 0 fully saturated rings. The SMILES string of the molecule is C/C(CCc1ccc(O[Si](C)(C)C(C)(C)C)c(OC(F)(F)F)c1)=N\[S@+]([O-])C(C)(C)C. The third kappa shape index (κ3) is 8.51. The first-order chi connectivity index (χ1) is 13.3. The summed E-state index contributed by atoms with van der Waals surface area (Å²) in [4.78, 5) is 0. The second-order valence-corrected chi connectivity index (χ2v) is 16.5. The summed E-state index contributed by atoms with van der Waals surface area (Å²) in [6.45, 7) is 17.3. The Morgan fingerprint density at radius 1 is 1.07 bits per heavy atom. The molecule has 0 saturated heterocycles. The maximum absolute atomic E-state index is 13.0. The van der Waals surface area contributed by atoms with Crippen molar-refractivity contribution in [2.75, 3.05) is 0 Å². The minimum atomic E-state index is -4.81. The summed E-state index contributed by atoms with van der Waals surface area (Å²) in [5.74, 6) is -0.237. The van der Waals surface area contributed by atoms with Crippen LogP contribution < -0.4 is 9.16 Å². The van der Waals surface area contributed by atoms with Crippen molar-refractivity contribution in [1.82, 2.24) is 0 Å². The first kappa shape index (κ1) is 26.8. The van der Waals surface area contributed by atoms with Crippen molar-refractivity contribution in [2.45, 2.75) is 90.5 Å². The molecule has 0 aliphatic heterocycles. The van der Waals surface area contributed by atoms with Crippen LogP contribution >= 0.6 is 0 Å². The van der Waals surface area contributed by atoms with Gasteiger partial charge < -0.3 is 13.7 Å². The number of halogens is 3. The Morgan fingerprint density at radius 3 is 2.10 bits per heavy atom. The molecule has 172 valence electrons. The van der Waals surface area contributed by atoms with Crippen LogP contribution in [0.1, 0.15) is 60.5 Å². The highest BCUT2D eigenvalue weighted by Gasteiger charge is 2.40. The van der Waals surface area contributed by atoms with Gasteiger partial charge in [-0.1, -0.05) is 31.2 Å². The van der Waals surface area contributed by atoms with Crippen molar-refractivity contribution < 1.29 is 26.9 Å². The summed E-state index contributed by atoms with van der Waals surface area (Å²) in [5.41, 5.74) is 1.34. The monoisotopic (exact) mass is 465 g/mol. The fraction of sp³-hybridized carbons (Fsp3) is 0.667. The molecule has 1 aromatic carbocycles. The van der Waals surface area contributed by atoms with Crippen LogP contribution in [0.5, 0.6) is 11.5 Å². The van der Waals surface area contributed by atoms with Gasteiger partial charge in [0.15, 0.2) is 5.75 Å². The van der Waals surface area contributed by atoms with Gasteiger partial charge in [0.25, 0.3) is 8.32 Å². The second-order valence-electron chi connectivity index (χ2n) is 9.88. The van der Waals surface area contributed by atoms with E-state index in [2.05, 4.69) is 9.13 Å². The highest BCUT2D eigenvalue weighted by molar-refractivity contribution is 7.91. The van der Waals surface area contributed by atoms with Crippen molar-refractivity contribution >= 4 is 25.4 Å². The van der Waals surface area contributed by atoms with Crippen LogP contribution in [-0.2, 0) is 17.8 Å².